The van der Waals surface area contributed by atoms with Crippen LogP contribution in [0, 0.1) is 16.0 Å². The van der Waals surface area contributed by atoms with Crippen molar-refractivity contribution in [2.24, 2.45) is 5.92 Å². The summed E-state index contributed by atoms with van der Waals surface area (Å²) in [5.41, 5.74) is -0.0901. The summed E-state index contributed by atoms with van der Waals surface area (Å²) in [5.74, 6) is 0.680. The van der Waals surface area contributed by atoms with Gasteiger partial charge in [-0.15, -0.1) is 0 Å². The number of hydrogen-bond acceptors (Lipinski definition) is 4. The van der Waals surface area contributed by atoms with Crippen molar-refractivity contribution < 1.29 is 4.92 Å². The van der Waals surface area contributed by atoms with Gasteiger partial charge in [-0.2, -0.15) is 0 Å². The maximum atomic E-state index is 10.9. The Morgan fingerprint density at radius 3 is 2.76 bits per heavy atom. The zero-order valence-corrected chi connectivity index (χ0v) is 10.9. The molecule has 17 heavy (non-hydrogen) atoms. The fraction of sp³-hybridized carbons (Fsp3) is 0.545. The van der Waals surface area contributed by atoms with Crippen LogP contribution in [-0.2, 0) is 0 Å². The minimum atomic E-state index is -0.482. The molecule has 1 aromatic heterocycles. The lowest BCUT2D eigenvalue weighted by atomic mass is 10.0. The summed E-state index contributed by atoms with van der Waals surface area (Å²) in [6.45, 7) is 6.14. The predicted octanol–water partition coefficient (Wildman–Crippen LogP) is 3.49. The maximum Gasteiger partial charge on any atom is 0.312 e. The summed E-state index contributed by atoms with van der Waals surface area (Å²) in [6, 6.07) is 1.42. The van der Waals surface area contributed by atoms with E-state index in [9.17, 15) is 10.1 Å². The van der Waals surface area contributed by atoms with Crippen LogP contribution in [0.3, 0.4) is 0 Å². The fourth-order valence-electron chi connectivity index (χ4n) is 1.39. The van der Waals surface area contributed by atoms with Crippen LogP contribution in [-0.4, -0.2) is 15.9 Å². The van der Waals surface area contributed by atoms with E-state index in [0.717, 1.165) is 6.42 Å². The SMILES string of the molecule is CCC(C)C(C)Nc1ncc(Cl)cc1[N+](=O)[O-]. The van der Waals surface area contributed by atoms with Gasteiger partial charge in [0.05, 0.1) is 9.95 Å². The molecule has 6 heteroatoms. The molecule has 0 saturated carbocycles. The average Bonchev–Trinajstić information content (AvgIpc) is 2.29. The zero-order valence-electron chi connectivity index (χ0n) is 10.1. The number of aromatic nitrogens is 1. The van der Waals surface area contributed by atoms with E-state index in [0.29, 0.717) is 5.92 Å². The van der Waals surface area contributed by atoms with Crippen molar-refractivity contribution in [2.75, 3.05) is 5.32 Å². The lowest BCUT2D eigenvalue weighted by molar-refractivity contribution is -0.384. The van der Waals surface area contributed by atoms with Gasteiger partial charge in [-0.05, 0) is 12.8 Å². The lowest BCUT2D eigenvalue weighted by Gasteiger charge is -2.20. The Labute approximate surface area is 105 Å². The van der Waals surface area contributed by atoms with Crippen molar-refractivity contribution >= 4 is 23.1 Å². The molecule has 1 N–H and O–H groups in total. The van der Waals surface area contributed by atoms with Gasteiger partial charge in [0.1, 0.15) is 0 Å². The summed E-state index contributed by atoms with van der Waals surface area (Å²) in [7, 11) is 0. The minimum absolute atomic E-state index is 0.0901. The Kier molecular flexibility index (Phi) is 4.69. The van der Waals surface area contributed by atoms with Crippen molar-refractivity contribution in [3.05, 3.63) is 27.4 Å². The topological polar surface area (TPSA) is 68.1 Å². The molecule has 0 aliphatic heterocycles. The van der Waals surface area contributed by atoms with E-state index in [-0.39, 0.29) is 22.6 Å². The number of pyridine rings is 1. The molecule has 94 valence electrons. The Bertz CT molecular complexity index is 412. The van der Waals surface area contributed by atoms with E-state index >= 15 is 0 Å². The van der Waals surface area contributed by atoms with Gasteiger partial charge in [-0.25, -0.2) is 4.98 Å². The molecule has 1 heterocycles. The highest BCUT2D eigenvalue weighted by Gasteiger charge is 2.19. The Balaban J connectivity index is 2.94. The van der Waals surface area contributed by atoms with Crippen LogP contribution >= 0.6 is 11.6 Å². The highest BCUT2D eigenvalue weighted by Crippen LogP contribution is 2.26. The number of halogens is 1. The van der Waals surface area contributed by atoms with Crippen LogP contribution < -0.4 is 5.32 Å². The molecular formula is C11H16ClN3O2. The van der Waals surface area contributed by atoms with E-state index < -0.39 is 4.92 Å². The van der Waals surface area contributed by atoms with E-state index in [1.807, 2.05) is 6.92 Å². The first kappa shape index (κ1) is 13.7. The summed E-state index contributed by atoms with van der Waals surface area (Å²) in [6.07, 6.45) is 2.40. The van der Waals surface area contributed by atoms with E-state index in [4.69, 9.17) is 11.6 Å². The van der Waals surface area contributed by atoms with Gasteiger partial charge in [-0.3, -0.25) is 10.1 Å². The third-order valence-electron chi connectivity index (χ3n) is 2.89. The minimum Gasteiger partial charge on any atom is -0.362 e. The Morgan fingerprint density at radius 1 is 1.59 bits per heavy atom. The first-order chi connectivity index (χ1) is 7.95. The van der Waals surface area contributed by atoms with Crippen LogP contribution in [0.5, 0.6) is 0 Å². The van der Waals surface area contributed by atoms with Crippen molar-refractivity contribution in [1.29, 1.82) is 0 Å². The van der Waals surface area contributed by atoms with Crippen LogP contribution in [0.4, 0.5) is 11.5 Å². The first-order valence-electron chi connectivity index (χ1n) is 5.52. The van der Waals surface area contributed by atoms with Crippen molar-refractivity contribution in [1.82, 2.24) is 4.98 Å². The maximum absolute atomic E-state index is 10.9. The molecule has 0 spiro atoms. The van der Waals surface area contributed by atoms with E-state index in [1.165, 1.54) is 12.3 Å². The molecule has 0 aromatic carbocycles. The molecular weight excluding hydrogens is 242 g/mol. The number of hydrogen-bond donors (Lipinski definition) is 1. The normalized spacial score (nSPS) is 14.1. The summed E-state index contributed by atoms with van der Waals surface area (Å²) in [5, 5.41) is 14.2. The van der Waals surface area contributed by atoms with Gasteiger partial charge in [0.25, 0.3) is 0 Å². The molecule has 2 unspecified atom stereocenters. The van der Waals surface area contributed by atoms with Crippen molar-refractivity contribution in [3.63, 3.8) is 0 Å². The Morgan fingerprint density at radius 2 is 2.24 bits per heavy atom. The summed E-state index contributed by atoms with van der Waals surface area (Å²) >= 11 is 5.69. The first-order valence-corrected chi connectivity index (χ1v) is 5.90. The molecule has 1 rings (SSSR count). The number of nitro groups is 1. The molecule has 5 nitrogen and oxygen atoms in total. The molecule has 0 aliphatic rings. The second-order valence-corrected chi connectivity index (χ2v) is 4.53. The summed E-state index contributed by atoms with van der Waals surface area (Å²) in [4.78, 5) is 14.4. The quantitative estimate of drug-likeness (QED) is 0.648. The van der Waals surface area contributed by atoms with Gasteiger partial charge in [0.2, 0.25) is 5.82 Å². The highest BCUT2D eigenvalue weighted by atomic mass is 35.5. The molecule has 0 saturated heterocycles. The van der Waals surface area contributed by atoms with Gasteiger partial charge in [0.15, 0.2) is 0 Å². The number of nitrogens with one attached hydrogen (secondary N) is 1. The van der Waals surface area contributed by atoms with Crippen LogP contribution in [0.15, 0.2) is 12.3 Å². The zero-order chi connectivity index (χ0) is 13.0. The summed E-state index contributed by atoms with van der Waals surface area (Å²) < 4.78 is 0. The van der Waals surface area contributed by atoms with Crippen LogP contribution in [0.25, 0.3) is 0 Å². The molecule has 1 aromatic rings. The highest BCUT2D eigenvalue weighted by molar-refractivity contribution is 6.30. The number of anilines is 1. The van der Waals surface area contributed by atoms with Crippen molar-refractivity contribution in [2.45, 2.75) is 33.2 Å². The van der Waals surface area contributed by atoms with E-state index in [2.05, 4.69) is 24.1 Å². The number of rotatable bonds is 5. The lowest BCUT2D eigenvalue weighted by Crippen LogP contribution is -2.24. The second kappa shape index (κ2) is 5.82. The van der Waals surface area contributed by atoms with Gasteiger partial charge < -0.3 is 5.32 Å². The second-order valence-electron chi connectivity index (χ2n) is 4.10. The van der Waals surface area contributed by atoms with E-state index in [1.54, 1.807) is 0 Å². The third kappa shape index (κ3) is 3.56. The van der Waals surface area contributed by atoms with Gasteiger partial charge >= 0.3 is 5.69 Å². The molecule has 0 amide bonds. The van der Waals surface area contributed by atoms with Crippen LogP contribution in [0.1, 0.15) is 27.2 Å². The smallest absolute Gasteiger partial charge is 0.312 e. The fourth-order valence-corrected chi connectivity index (χ4v) is 1.54. The molecule has 0 fully saturated rings. The third-order valence-corrected chi connectivity index (χ3v) is 3.10. The van der Waals surface area contributed by atoms with Gasteiger partial charge in [-0.1, -0.05) is 31.9 Å². The molecule has 0 radical (unpaired) electrons. The monoisotopic (exact) mass is 257 g/mol. The van der Waals surface area contributed by atoms with Crippen molar-refractivity contribution in [3.8, 4) is 0 Å². The predicted molar refractivity (Wildman–Crippen MR) is 68.4 cm³/mol. The standard InChI is InChI=1S/C11H16ClN3O2/c1-4-7(2)8(3)14-11-10(15(16)17)5-9(12)6-13-11/h5-8H,4H2,1-3H3,(H,13,14). The van der Waals surface area contributed by atoms with Gasteiger partial charge in [0, 0.05) is 18.3 Å². The molecule has 0 bridgehead atoms. The van der Waals surface area contributed by atoms with Crippen LogP contribution in [0.2, 0.25) is 5.02 Å². The molecule has 0 aliphatic carbocycles. The average molecular weight is 258 g/mol. The molecule has 2 atom stereocenters. The Hall–Kier alpha value is -1.36. The largest absolute Gasteiger partial charge is 0.362 e. The number of nitrogens with zero attached hydrogens (tertiary/aromatic N) is 2.